The van der Waals surface area contributed by atoms with Crippen LogP contribution in [0.5, 0.6) is 5.75 Å². The summed E-state index contributed by atoms with van der Waals surface area (Å²) in [6.45, 7) is 6.13. The van der Waals surface area contributed by atoms with Gasteiger partial charge in [0.2, 0.25) is 11.8 Å². The molecule has 2 amide bonds. The van der Waals surface area contributed by atoms with Gasteiger partial charge in [-0.15, -0.1) is 0 Å². The fraction of sp³-hybridized carbons (Fsp3) is 0.500. The molecule has 0 aromatic heterocycles. The monoisotopic (exact) mass is 290 g/mol. The maximum atomic E-state index is 12.6. The van der Waals surface area contributed by atoms with Crippen molar-refractivity contribution in [2.75, 3.05) is 13.7 Å². The first-order valence-electron chi connectivity index (χ1n) is 7.13. The van der Waals surface area contributed by atoms with Gasteiger partial charge in [0.25, 0.3) is 0 Å². The average Bonchev–Trinajstić information content (AvgIpc) is 2.44. The van der Waals surface area contributed by atoms with Crippen LogP contribution in [0.4, 0.5) is 0 Å². The normalized spacial score (nSPS) is 22.2. The Labute approximate surface area is 125 Å². The molecule has 1 unspecified atom stereocenters. The van der Waals surface area contributed by atoms with Crippen LogP contribution in [-0.4, -0.2) is 35.9 Å². The van der Waals surface area contributed by atoms with E-state index in [2.05, 4.69) is 5.32 Å². The summed E-state index contributed by atoms with van der Waals surface area (Å²) in [5.74, 6) is 0.566. The zero-order chi connectivity index (χ0) is 15.6. The molecule has 2 rings (SSSR count). The fourth-order valence-corrected chi connectivity index (χ4v) is 2.60. The number of methoxy groups -OCH3 is 1. The van der Waals surface area contributed by atoms with Crippen molar-refractivity contribution in [1.82, 2.24) is 10.2 Å². The standard InChI is InChI=1S/C16H22N2O3/c1-5-16(3)15(20)18(10-14(19)17-16)9-12-8-11(2)6-7-13(12)21-4/h6-8H,5,9-10H2,1-4H3,(H,17,19). The topological polar surface area (TPSA) is 58.6 Å². The first-order chi connectivity index (χ1) is 9.89. The molecule has 5 nitrogen and oxygen atoms in total. The van der Waals surface area contributed by atoms with Gasteiger partial charge in [-0.1, -0.05) is 24.6 Å². The van der Waals surface area contributed by atoms with E-state index in [1.165, 1.54) is 0 Å². The van der Waals surface area contributed by atoms with E-state index in [0.717, 1.165) is 16.9 Å². The van der Waals surface area contributed by atoms with Crippen molar-refractivity contribution in [2.45, 2.75) is 39.3 Å². The molecule has 1 atom stereocenters. The molecule has 1 N–H and O–H groups in total. The molecule has 1 aromatic carbocycles. The Morgan fingerprint density at radius 1 is 1.38 bits per heavy atom. The van der Waals surface area contributed by atoms with Crippen molar-refractivity contribution >= 4 is 11.8 Å². The maximum Gasteiger partial charge on any atom is 0.248 e. The second kappa shape index (κ2) is 5.76. The summed E-state index contributed by atoms with van der Waals surface area (Å²) in [6, 6.07) is 5.84. The molecule has 0 aliphatic carbocycles. The van der Waals surface area contributed by atoms with Gasteiger partial charge in [-0.25, -0.2) is 0 Å². The first-order valence-corrected chi connectivity index (χ1v) is 7.13. The Balaban J connectivity index is 2.28. The van der Waals surface area contributed by atoms with Crippen LogP contribution < -0.4 is 10.1 Å². The molecule has 1 aliphatic rings. The van der Waals surface area contributed by atoms with Gasteiger partial charge in [-0.2, -0.15) is 0 Å². The molecule has 1 aliphatic heterocycles. The summed E-state index contributed by atoms with van der Waals surface area (Å²) in [4.78, 5) is 26.0. The number of ether oxygens (including phenoxy) is 1. The highest BCUT2D eigenvalue weighted by Crippen LogP contribution is 2.25. The molecule has 1 heterocycles. The summed E-state index contributed by atoms with van der Waals surface area (Å²) < 4.78 is 5.34. The van der Waals surface area contributed by atoms with Crippen molar-refractivity contribution in [2.24, 2.45) is 0 Å². The van der Waals surface area contributed by atoms with Crippen LogP contribution in [0, 0.1) is 6.92 Å². The minimum atomic E-state index is -0.813. The predicted octanol–water partition coefficient (Wildman–Crippen LogP) is 1.63. The SMILES string of the molecule is CCC1(C)NC(=O)CN(Cc2cc(C)ccc2OC)C1=O. The van der Waals surface area contributed by atoms with Crippen molar-refractivity contribution < 1.29 is 14.3 Å². The lowest BCUT2D eigenvalue weighted by molar-refractivity contribution is -0.149. The van der Waals surface area contributed by atoms with E-state index in [-0.39, 0.29) is 18.4 Å². The van der Waals surface area contributed by atoms with E-state index in [1.807, 2.05) is 32.0 Å². The van der Waals surface area contributed by atoms with Crippen LogP contribution >= 0.6 is 0 Å². The molecule has 1 saturated heterocycles. The molecule has 0 radical (unpaired) electrons. The van der Waals surface area contributed by atoms with Crippen LogP contribution in [0.2, 0.25) is 0 Å². The lowest BCUT2D eigenvalue weighted by Gasteiger charge is -2.39. The van der Waals surface area contributed by atoms with E-state index in [0.29, 0.717) is 13.0 Å². The maximum absolute atomic E-state index is 12.6. The molecule has 21 heavy (non-hydrogen) atoms. The molecule has 0 bridgehead atoms. The van der Waals surface area contributed by atoms with E-state index < -0.39 is 5.54 Å². The number of aryl methyl sites for hydroxylation is 1. The van der Waals surface area contributed by atoms with Gasteiger partial charge in [-0.05, 0) is 26.3 Å². The number of hydrogen-bond acceptors (Lipinski definition) is 3. The third-order valence-corrected chi connectivity index (χ3v) is 4.01. The number of amides is 2. The minimum absolute atomic E-state index is 0.0480. The molecule has 114 valence electrons. The Morgan fingerprint density at radius 3 is 2.71 bits per heavy atom. The van der Waals surface area contributed by atoms with Gasteiger partial charge in [-0.3, -0.25) is 9.59 Å². The smallest absolute Gasteiger partial charge is 0.248 e. The van der Waals surface area contributed by atoms with Crippen LogP contribution in [0.3, 0.4) is 0 Å². The number of piperazine rings is 1. The van der Waals surface area contributed by atoms with E-state index in [4.69, 9.17) is 4.74 Å². The average molecular weight is 290 g/mol. The molecule has 5 heteroatoms. The summed E-state index contributed by atoms with van der Waals surface area (Å²) in [5, 5.41) is 2.79. The van der Waals surface area contributed by atoms with Gasteiger partial charge in [0.15, 0.2) is 0 Å². The van der Waals surface area contributed by atoms with E-state index >= 15 is 0 Å². The molecule has 0 saturated carbocycles. The number of rotatable bonds is 4. The van der Waals surface area contributed by atoms with Crippen molar-refractivity contribution in [3.63, 3.8) is 0 Å². The Morgan fingerprint density at radius 2 is 2.10 bits per heavy atom. The Bertz CT molecular complexity index is 571. The molecule has 0 spiro atoms. The third kappa shape index (κ3) is 3.01. The largest absolute Gasteiger partial charge is 0.496 e. The highest BCUT2D eigenvalue weighted by molar-refractivity contribution is 5.97. The number of benzene rings is 1. The third-order valence-electron chi connectivity index (χ3n) is 4.01. The zero-order valence-corrected chi connectivity index (χ0v) is 13.0. The fourth-order valence-electron chi connectivity index (χ4n) is 2.60. The van der Waals surface area contributed by atoms with Gasteiger partial charge < -0.3 is 15.0 Å². The lowest BCUT2D eigenvalue weighted by Crippen LogP contribution is -2.64. The number of hydrogen-bond donors (Lipinski definition) is 1. The van der Waals surface area contributed by atoms with Crippen molar-refractivity contribution in [3.05, 3.63) is 29.3 Å². The van der Waals surface area contributed by atoms with Gasteiger partial charge in [0.05, 0.1) is 13.7 Å². The number of carbonyl (C=O) groups excluding carboxylic acids is 2. The minimum Gasteiger partial charge on any atom is -0.496 e. The molecular formula is C16H22N2O3. The van der Waals surface area contributed by atoms with Gasteiger partial charge >= 0.3 is 0 Å². The summed E-state index contributed by atoms with van der Waals surface area (Å²) in [5.41, 5.74) is 1.20. The van der Waals surface area contributed by atoms with Crippen LogP contribution in [0.15, 0.2) is 18.2 Å². The Hall–Kier alpha value is -2.04. The summed E-state index contributed by atoms with van der Waals surface area (Å²) in [7, 11) is 1.61. The van der Waals surface area contributed by atoms with Crippen LogP contribution in [-0.2, 0) is 16.1 Å². The van der Waals surface area contributed by atoms with Crippen LogP contribution in [0.1, 0.15) is 31.4 Å². The number of nitrogens with zero attached hydrogens (tertiary/aromatic N) is 1. The Kier molecular flexibility index (Phi) is 4.21. The second-order valence-corrected chi connectivity index (χ2v) is 5.71. The first kappa shape index (κ1) is 15.4. The highest BCUT2D eigenvalue weighted by Gasteiger charge is 2.41. The second-order valence-electron chi connectivity index (χ2n) is 5.71. The quantitative estimate of drug-likeness (QED) is 0.917. The molecule has 1 fully saturated rings. The number of nitrogens with one attached hydrogen (secondary N) is 1. The van der Waals surface area contributed by atoms with Crippen molar-refractivity contribution in [3.8, 4) is 5.75 Å². The molecule has 1 aromatic rings. The highest BCUT2D eigenvalue weighted by atomic mass is 16.5. The summed E-state index contributed by atoms with van der Waals surface area (Å²) in [6.07, 6.45) is 0.568. The van der Waals surface area contributed by atoms with Crippen LogP contribution in [0.25, 0.3) is 0 Å². The summed E-state index contributed by atoms with van der Waals surface area (Å²) >= 11 is 0. The van der Waals surface area contributed by atoms with E-state index in [1.54, 1.807) is 18.9 Å². The number of carbonyl (C=O) groups is 2. The van der Waals surface area contributed by atoms with E-state index in [9.17, 15) is 9.59 Å². The predicted molar refractivity (Wildman–Crippen MR) is 80.0 cm³/mol. The van der Waals surface area contributed by atoms with Gasteiger partial charge in [0, 0.05) is 12.1 Å². The lowest BCUT2D eigenvalue weighted by atomic mass is 9.94. The van der Waals surface area contributed by atoms with Gasteiger partial charge in [0.1, 0.15) is 11.3 Å². The zero-order valence-electron chi connectivity index (χ0n) is 13.0. The molecular weight excluding hydrogens is 268 g/mol. The van der Waals surface area contributed by atoms with Crippen molar-refractivity contribution in [1.29, 1.82) is 0 Å².